The largest absolute Gasteiger partial charge is 0.496 e. The number of methoxy groups -OCH3 is 1. The molecule has 0 saturated carbocycles. The molecule has 0 amide bonds. The smallest absolute Gasteiger partial charge is 0.180 e. The van der Waals surface area contributed by atoms with Crippen LogP contribution < -0.4 is 15.2 Å². The lowest BCUT2D eigenvalue weighted by Crippen LogP contribution is -2.33. The Morgan fingerprint density at radius 2 is 1.94 bits per heavy atom. The summed E-state index contributed by atoms with van der Waals surface area (Å²) in [5.74, 6) is 1.31. The van der Waals surface area contributed by atoms with E-state index in [1.165, 1.54) is 0 Å². The first-order chi connectivity index (χ1) is 8.53. The van der Waals surface area contributed by atoms with Crippen LogP contribution in [0.15, 0.2) is 26.2 Å². The van der Waals surface area contributed by atoms with Crippen LogP contribution in [-0.4, -0.2) is 24.3 Å². The fourth-order valence-corrected chi connectivity index (χ4v) is 2.23. The minimum absolute atomic E-state index is 0.0383. The first-order valence-electron chi connectivity index (χ1n) is 5.20. The Labute approximate surface area is 122 Å². The van der Waals surface area contributed by atoms with Crippen LogP contribution in [-0.2, 0) is 0 Å². The lowest BCUT2D eigenvalue weighted by atomic mass is 10.2. The molecule has 0 spiro atoms. The van der Waals surface area contributed by atoms with Gasteiger partial charge in [-0.3, -0.25) is 0 Å². The minimum Gasteiger partial charge on any atom is -0.496 e. The Hall–Kier alpha value is -0.950. The molecule has 0 aromatic heterocycles. The van der Waals surface area contributed by atoms with E-state index in [4.69, 9.17) is 20.4 Å². The van der Waals surface area contributed by atoms with Gasteiger partial charge in [0, 0.05) is 0 Å². The number of hydrogen-bond donors (Lipinski definition) is 2. The molecule has 7 heteroatoms. The molecule has 1 rings (SSSR count). The molecule has 0 aliphatic heterocycles. The molecule has 18 heavy (non-hydrogen) atoms. The van der Waals surface area contributed by atoms with Crippen molar-refractivity contribution in [1.29, 1.82) is 0 Å². The van der Waals surface area contributed by atoms with E-state index >= 15 is 0 Å². The minimum atomic E-state index is -0.480. The van der Waals surface area contributed by atoms with Gasteiger partial charge in [0.2, 0.25) is 0 Å². The number of rotatable bonds is 5. The van der Waals surface area contributed by atoms with E-state index in [0.29, 0.717) is 17.9 Å². The summed E-state index contributed by atoms with van der Waals surface area (Å²) >= 11 is 6.75. The Morgan fingerprint density at radius 3 is 2.44 bits per heavy atom. The highest BCUT2D eigenvalue weighted by Gasteiger charge is 2.16. The zero-order valence-corrected chi connectivity index (χ0v) is 13.2. The monoisotopic (exact) mass is 380 g/mol. The third-order valence-corrected chi connectivity index (χ3v) is 3.53. The average Bonchev–Trinajstić information content (AvgIpc) is 2.38. The van der Waals surface area contributed by atoms with Gasteiger partial charge in [-0.1, -0.05) is 12.1 Å². The van der Waals surface area contributed by atoms with Gasteiger partial charge in [0.15, 0.2) is 11.9 Å². The molecular weight excluding hydrogens is 368 g/mol. The van der Waals surface area contributed by atoms with Gasteiger partial charge in [-0.05, 0) is 50.4 Å². The molecule has 0 aliphatic carbocycles. The Bertz CT molecular complexity index is 452. The summed E-state index contributed by atoms with van der Waals surface area (Å²) < 4.78 is 12.3. The summed E-state index contributed by atoms with van der Waals surface area (Å²) in [5, 5.41) is 11.6. The number of oxime groups is 1. The molecule has 1 atom stereocenters. The summed E-state index contributed by atoms with van der Waals surface area (Å²) in [7, 11) is 1.58. The molecule has 5 nitrogen and oxygen atoms in total. The van der Waals surface area contributed by atoms with Gasteiger partial charge in [0.05, 0.1) is 16.1 Å². The predicted molar refractivity (Wildman–Crippen MR) is 76.5 cm³/mol. The average molecular weight is 382 g/mol. The van der Waals surface area contributed by atoms with E-state index in [1.54, 1.807) is 19.2 Å². The highest BCUT2D eigenvalue weighted by Crippen LogP contribution is 2.36. The molecule has 1 aromatic rings. The number of amidine groups is 1. The van der Waals surface area contributed by atoms with Gasteiger partial charge in [0.25, 0.3) is 0 Å². The molecular formula is C11H14Br2N2O3. The second-order valence-electron chi connectivity index (χ2n) is 3.46. The van der Waals surface area contributed by atoms with Crippen LogP contribution in [0.25, 0.3) is 0 Å². The SMILES string of the molecule is CCC(Oc1cc(Br)c(OC)cc1Br)C(N)=NO. The molecule has 0 saturated heterocycles. The Balaban J connectivity index is 3.00. The topological polar surface area (TPSA) is 77.1 Å². The summed E-state index contributed by atoms with van der Waals surface area (Å²) in [6.45, 7) is 1.88. The molecule has 0 fully saturated rings. The summed E-state index contributed by atoms with van der Waals surface area (Å²) in [4.78, 5) is 0. The Morgan fingerprint density at radius 1 is 1.39 bits per heavy atom. The maximum Gasteiger partial charge on any atom is 0.180 e. The second kappa shape index (κ2) is 6.84. The number of nitrogens with zero attached hydrogens (tertiary/aromatic N) is 1. The van der Waals surface area contributed by atoms with Gasteiger partial charge in [-0.15, -0.1) is 0 Å². The van der Waals surface area contributed by atoms with Crippen LogP contribution in [0.3, 0.4) is 0 Å². The molecule has 1 unspecified atom stereocenters. The molecule has 0 heterocycles. The molecule has 0 bridgehead atoms. The maximum atomic E-state index is 8.66. The first-order valence-corrected chi connectivity index (χ1v) is 6.79. The van der Waals surface area contributed by atoms with Crippen molar-refractivity contribution < 1.29 is 14.7 Å². The molecule has 0 radical (unpaired) electrons. The highest BCUT2D eigenvalue weighted by molar-refractivity contribution is 9.11. The van der Waals surface area contributed by atoms with Crippen LogP contribution in [0.1, 0.15) is 13.3 Å². The quantitative estimate of drug-likeness (QED) is 0.355. The second-order valence-corrected chi connectivity index (χ2v) is 5.17. The zero-order valence-electron chi connectivity index (χ0n) is 9.98. The molecule has 3 N–H and O–H groups in total. The van der Waals surface area contributed by atoms with E-state index in [2.05, 4.69) is 37.0 Å². The fourth-order valence-electron chi connectivity index (χ4n) is 1.33. The number of benzene rings is 1. The van der Waals surface area contributed by atoms with Crippen molar-refractivity contribution in [3.63, 3.8) is 0 Å². The van der Waals surface area contributed by atoms with Crippen molar-refractivity contribution in [2.24, 2.45) is 10.9 Å². The standard InChI is InChI=1S/C11H14Br2N2O3/c1-3-8(11(14)15-16)18-10-5-6(12)9(17-2)4-7(10)13/h4-5,8,16H,3H2,1-2H3,(H2,14,15). The van der Waals surface area contributed by atoms with Crippen LogP contribution in [0, 0.1) is 0 Å². The van der Waals surface area contributed by atoms with Crippen molar-refractivity contribution in [3.05, 3.63) is 21.1 Å². The molecule has 100 valence electrons. The van der Waals surface area contributed by atoms with E-state index in [-0.39, 0.29) is 5.84 Å². The van der Waals surface area contributed by atoms with Crippen molar-refractivity contribution in [2.75, 3.05) is 7.11 Å². The third kappa shape index (κ3) is 3.52. The lowest BCUT2D eigenvalue weighted by Gasteiger charge is -2.18. The highest BCUT2D eigenvalue weighted by atomic mass is 79.9. The van der Waals surface area contributed by atoms with Crippen molar-refractivity contribution in [3.8, 4) is 11.5 Å². The van der Waals surface area contributed by atoms with E-state index in [9.17, 15) is 0 Å². The zero-order chi connectivity index (χ0) is 13.7. The fraction of sp³-hybridized carbons (Fsp3) is 0.364. The van der Waals surface area contributed by atoms with E-state index < -0.39 is 6.10 Å². The van der Waals surface area contributed by atoms with Gasteiger partial charge >= 0.3 is 0 Å². The molecule has 1 aromatic carbocycles. The summed E-state index contributed by atoms with van der Waals surface area (Å²) in [6.07, 6.45) is 0.109. The van der Waals surface area contributed by atoms with Crippen LogP contribution in [0.2, 0.25) is 0 Å². The van der Waals surface area contributed by atoms with Gasteiger partial charge in [-0.25, -0.2) is 0 Å². The summed E-state index contributed by atoms with van der Waals surface area (Å²) in [6, 6.07) is 3.54. The number of hydrogen-bond acceptors (Lipinski definition) is 4. The van der Waals surface area contributed by atoms with Gasteiger partial charge < -0.3 is 20.4 Å². The normalized spacial score (nSPS) is 13.2. The lowest BCUT2D eigenvalue weighted by molar-refractivity contribution is 0.245. The van der Waals surface area contributed by atoms with Crippen molar-refractivity contribution >= 4 is 37.7 Å². The number of halogens is 2. The maximum absolute atomic E-state index is 8.66. The van der Waals surface area contributed by atoms with Crippen LogP contribution in [0.4, 0.5) is 0 Å². The van der Waals surface area contributed by atoms with E-state index in [1.807, 2.05) is 6.92 Å². The van der Waals surface area contributed by atoms with Crippen molar-refractivity contribution in [2.45, 2.75) is 19.4 Å². The van der Waals surface area contributed by atoms with Crippen LogP contribution in [0.5, 0.6) is 11.5 Å². The first kappa shape index (κ1) is 15.1. The predicted octanol–water partition coefficient (Wildman–Crippen LogP) is 3.12. The van der Waals surface area contributed by atoms with Crippen LogP contribution >= 0.6 is 31.9 Å². The Kier molecular flexibility index (Phi) is 5.74. The number of nitrogens with two attached hydrogens (primary N) is 1. The van der Waals surface area contributed by atoms with Gasteiger partial charge in [-0.2, -0.15) is 0 Å². The molecule has 0 aliphatic rings. The number of ether oxygens (including phenoxy) is 2. The summed E-state index contributed by atoms with van der Waals surface area (Å²) in [5.41, 5.74) is 5.54. The van der Waals surface area contributed by atoms with E-state index in [0.717, 1.165) is 8.95 Å². The van der Waals surface area contributed by atoms with Gasteiger partial charge in [0.1, 0.15) is 11.5 Å². The third-order valence-electron chi connectivity index (χ3n) is 2.29. The van der Waals surface area contributed by atoms with Crippen molar-refractivity contribution in [1.82, 2.24) is 0 Å².